The van der Waals surface area contributed by atoms with Crippen LogP contribution in [-0.2, 0) is 9.53 Å². The topological polar surface area (TPSA) is 26.3 Å². The van der Waals surface area contributed by atoms with Crippen LogP contribution in [0.1, 0.15) is 110 Å². The molecule has 0 aromatic carbocycles. The first kappa shape index (κ1) is 22.7. The predicted octanol–water partition coefficient (Wildman–Crippen LogP) is 7.90. The van der Waals surface area contributed by atoms with E-state index in [0.717, 1.165) is 77.6 Å². The van der Waals surface area contributed by atoms with Crippen molar-refractivity contribution in [2.24, 2.45) is 76.9 Å². The van der Waals surface area contributed by atoms with Gasteiger partial charge in [-0.05, 0) is 128 Å². The van der Waals surface area contributed by atoms with E-state index in [-0.39, 0.29) is 5.97 Å². The summed E-state index contributed by atoms with van der Waals surface area (Å²) in [6.45, 7) is 2.42. The fraction of sp³-hybridized carbons (Fsp3) is 0.969. The van der Waals surface area contributed by atoms with Crippen molar-refractivity contribution in [3.8, 4) is 0 Å². The van der Waals surface area contributed by atoms with Crippen LogP contribution in [0.2, 0.25) is 0 Å². The zero-order valence-electron chi connectivity index (χ0n) is 21.8. The smallest absolute Gasteiger partial charge is 0.302 e. The maximum atomic E-state index is 12.1. The minimum atomic E-state index is -0.0295. The molecule has 0 amide bonds. The molecule has 7 aliphatic carbocycles. The standard InChI is InChI=1S/C32H50O2/c1-19(33)34-18-28-29-24-14-6-2-10-20(24)22-12-4-8-16-26(22)31(29)32-27-17-9-5-13-23(27)21-11-3-7-15-25(21)30(28)32/h20-32H,2-18H2,1H3. The molecule has 7 saturated carbocycles. The maximum absolute atomic E-state index is 12.1. The molecular weight excluding hydrogens is 416 g/mol. The molecule has 0 aliphatic heterocycles. The molecule has 0 aromatic heterocycles. The molecule has 0 saturated heterocycles. The van der Waals surface area contributed by atoms with Gasteiger partial charge < -0.3 is 4.74 Å². The molecule has 7 aliphatic rings. The Bertz CT molecular complexity index is 706. The fourth-order valence-corrected chi connectivity index (χ4v) is 12.9. The molecule has 7 rings (SSSR count). The molecule has 7 fully saturated rings. The van der Waals surface area contributed by atoms with E-state index in [0.29, 0.717) is 5.92 Å². The summed E-state index contributed by atoms with van der Waals surface area (Å²) in [5.41, 5.74) is 0. The third kappa shape index (κ3) is 3.42. The summed E-state index contributed by atoms with van der Waals surface area (Å²) >= 11 is 0. The van der Waals surface area contributed by atoms with E-state index in [1.54, 1.807) is 19.8 Å². The van der Waals surface area contributed by atoms with Crippen LogP contribution < -0.4 is 0 Å². The Morgan fingerprint density at radius 1 is 0.500 bits per heavy atom. The average Bonchev–Trinajstić information content (AvgIpc) is 3.24. The number of esters is 1. The van der Waals surface area contributed by atoms with Crippen molar-refractivity contribution >= 4 is 5.97 Å². The number of ether oxygens (including phenoxy) is 1. The molecular formula is C32H50O2. The largest absolute Gasteiger partial charge is 0.466 e. The van der Waals surface area contributed by atoms with Gasteiger partial charge in [-0.3, -0.25) is 4.79 Å². The highest BCUT2D eigenvalue weighted by Crippen LogP contribution is 2.72. The Morgan fingerprint density at radius 3 is 1.12 bits per heavy atom. The van der Waals surface area contributed by atoms with Gasteiger partial charge in [-0.25, -0.2) is 0 Å². The summed E-state index contributed by atoms with van der Waals surface area (Å²) in [4.78, 5) is 12.1. The number of carbonyl (C=O) groups excluding carboxylic acids is 1. The van der Waals surface area contributed by atoms with Gasteiger partial charge in [0.1, 0.15) is 0 Å². The second kappa shape index (κ2) is 9.09. The summed E-state index contributed by atoms with van der Waals surface area (Å²) in [5.74, 6) is 12.4. The first-order valence-corrected chi connectivity index (χ1v) is 15.9. The third-order valence-corrected chi connectivity index (χ3v) is 13.4. The van der Waals surface area contributed by atoms with Crippen LogP contribution in [0, 0.1) is 76.9 Å². The van der Waals surface area contributed by atoms with Gasteiger partial charge in [0, 0.05) is 6.92 Å². The molecule has 34 heavy (non-hydrogen) atoms. The van der Waals surface area contributed by atoms with Crippen LogP contribution >= 0.6 is 0 Å². The van der Waals surface area contributed by atoms with Gasteiger partial charge in [0.05, 0.1) is 6.61 Å². The van der Waals surface area contributed by atoms with Crippen LogP contribution in [0.25, 0.3) is 0 Å². The lowest BCUT2D eigenvalue weighted by Gasteiger charge is -2.59. The summed E-state index contributed by atoms with van der Waals surface area (Å²) in [5, 5.41) is 0. The van der Waals surface area contributed by atoms with Gasteiger partial charge in [0.15, 0.2) is 0 Å². The lowest BCUT2D eigenvalue weighted by atomic mass is 9.46. The van der Waals surface area contributed by atoms with E-state index in [4.69, 9.17) is 4.74 Å². The number of carbonyl (C=O) groups is 1. The molecule has 0 aromatic rings. The van der Waals surface area contributed by atoms with Crippen molar-refractivity contribution in [1.82, 2.24) is 0 Å². The lowest BCUT2D eigenvalue weighted by molar-refractivity contribution is -0.145. The Hall–Kier alpha value is -0.530. The van der Waals surface area contributed by atoms with Gasteiger partial charge in [-0.15, -0.1) is 0 Å². The zero-order valence-corrected chi connectivity index (χ0v) is 21.8. The van der Waals surface area contributed by atoms with Crippen molar-refractivity contribution in [1.29, 1.82) is 0 Å². The van der Waals surface area contributed by atoms with Crippen molar-refractivity contribution in [2.45, 2.75) is 110 Å². The molecule has 12 unspecified atom stereocenters. The van der Waals surface area contributed by atoms with Crippen LogP contribution in [0.15, 0.2) is 0 Å². The Balaban J connectivity index is 1.34. The van der Waals surface area contributed by atoms with Crippen molar-refractivity contribution < 1.29 is 9.53 Å². The minimum Gasteiger partial charge on any atom is -0.466 e. The highest BCUT2D eigenvalue weighted by atomic mass is 16.5. The van der Waals surface area contributed by atoms with Crippen molar-refractivity contribution in [3.05, 3.63) is 0 Å². The van der Waals surface area contributed by atoms with Crippen LogP contribution in [0.3, 0.4) is 0 Å². The van der Waals surface area contributed by atoms with Crippen molar-refractivity contribution in [3.63, 3.8) is 0 Å². The molecule has 0 bridgehead atoms. The van der Waals surface area contributed by atoms with Gasteiger partial charge >= 0.3 is 5.97 Å². The Morgan fingerprint density at radius 2 is 0.794 bits per heavy atom. The summed E-state index contributed by atoms with van der Waals surface area (Å²) in [7, 11) is 0. The fourth-order valence-electron chi connectivity index (χ4n) is 12.9. The number of hydrogen-bond acceptors (Lipinski definition) is 2. The molecule has 0 spiro atoms. The minimum absolute atomic E-state index is 0.0295. The quantitative estimate of drug-likeness (QED) is 0.387. The molecule has 2 heteroatoms. The third-order valence-electron chi connectivity index (χ3n) is 13.4. The monoisotopic (exact) mass is 466 g/mol. The second-order valence-corrected chi connectivity index (χ2v) is 14.2. The van der Waals surface area contributed by atoms with Gasteiger partial charge in [-0.2, -0.15) is 0 Å². The lowest BCUT2D eigenvalue weighted by Crippen LogP contribution is -2.52. The van der Waals surface area contributed by atoms with Gasteiger partial charge in [-0.1, -0.05) is 51.4 Å². The second-order valence-electron chi connectivity index (χ2n) is 14.2. The number of rotatable bonds is 2. The highest BCUT2D eigenvalue weighted by Gasteiger charge is 2.67. The van der Waals surface area contributed by atoms with Gasteiger partial charge in [0.2, 0.25) is 0 Å². The van der Waals surface area contributed by atoms with Gasteiger partial charge in [0.25, 0.3) is 0 Å². The first-order chi connectivity index (χ1) is 16.7. The SMILES string of the molecule is CC(=O)OCC1C2C3CCCCC3C3CCCCC3C2C2C3CCCCC3C3CCCCC3C12. The summed E-state index contributed by atoms with van der Waals surface area (Å²) in [6, 6.07) is 0. The van der Waals surface area contributed by atoms with Crippen LogP contribution in [0.4, 0.5) is 0 Å². The molecule has 0 N–H and O–H groups in total. The van der Waals surface area contributed by atoms with E-state index in [2.05, 4.69) is 0 Å². The Labute approximate surface area is 208 Å². The average molecular weight is 467 g/mol. The van der Waals surface area contributed by atoms with E-state index in [9.17, 15) is 4.79 Å². The van der Waals surface area contributed by atoms with Crippen LogP contribution in [-0.4, -0.2) is 12.6 Å². The van der Waals surface area contributed by atoms with Crippen LogP contribution in [0.5, 0.6) is 0 Å². The number of hydrogen-bond donors (Lipinski definition) is 0. The van der Waals surface area contributed by atoms with E-state index < -0.39 is 0 Å². The van der Waals surface area contributed by atoms with E-state index in [1.165, 1.54) is 89.9 Å². The number of fused-ring (bicyclic) bond motifs is 13. The predicted molar refractivity (Wildman–Crippen MR) is 136 cm³/mol. The van der Waals surface area contributed by atoms with E-state index >= 15 is 0 Å². The summed E-state index contributed by atoms with van der Waals surface area (Å²) < 4.78 is 6.02. The molecule has 2 nitrogen and oxygen atoms in total. The molecule has 12 atom stereocenters. The first-order valence-electron chi connectivity index (χ1n) is 15.9. The van der Waals surface area contributed by atoms with Crippen molar-refractivity contribution in [2.75, 3.05) is 6.61 Å². The zero-order chi connectivity index (χ0) is 22.8. The molecule has 190 valence electrons. The van der Waals surface area contributed by atoms with E-state index in [1.807, 2.05) is 0 Å². The summed E-state index contributed by atoms with van der Waals surface area (Å²) in [6.07, 6.45) is 24.1. The maximum Gasteiger partial charge on any atom is 0.302 e. The normalized spacial score (nSPS) is 53.9. The highest BCUT2D eigenvalue weighted by molar-refractivity contribution is 5.65. The Kier molecular flexibility index (Phi) is 6.06. The molecule has 0 heterocycles. The molecule has 0 radical (unpaired) electrons.